The fraction of sp³-hybridized carbons (Fsp3) is 0.429. The molecule has 1 unspecified atom stereocenters. The van der Waals surface area contributed by atoms with Crippen molar-refractivity contribution in [2.24, 2.45) is 5.92 Å². The van der Waals surface area contributed by atoms with Gasteiger partial charge in [-0.25, -0.2) is 0 Å². The molecular weight excluding hydrogens is 230 g/mol. The number of aliphatic carboxylic acids is 1. The number of benzene rings is 1. The first-order chi connectivity index (χ1) is 8.63. The highest BCUT2D eigenvalue weighted by Crippen LogP contribution is 2.04. The Balaban J connectivity index is 2.46. The average Bonchev–Trinajstić information content (AvgIpc) is 2.38. The fourth-order valence-corrected chi connectivity index (χ4v) is 1.65. The van der Waals surface area contributed by atoms with Gasteiger partial charge in [0.05, 0.1) is 0 Å². The van der Waals surface area contributed by atoms with Crippen LogP contribution in [-0.2, 0) is 16.0 Å². The number of rotatable bonds is 8. The summed E-state index contributed by atoms with van der Waals surface area (Å²) in [4.78, 5) is 21.6. The Morgan fingerprint density at radius 2 is 2.06 bits per heavy atom. The monoisotopic (exact) mass is 249 g/mol. The van der Waals surface area contributed by atoms with Crippen LogP contribution >= 0.6 is 0 Å². The Morgan fingerprint density at radius 3 is 2.61 bits per heavy atom. The normalized spacial score (nSPS) is 13.8. The summed E-state index contributed by atoms with van der Waals surface area (Å²) in [5, 5.41) is 12.1. The molecule has 2 atom stereocenters. The van der Waals surface area contributed by atoms with Gasteiger partial charge in [0.1, 0.15) is 12.3 Å². The molecule has 2 N–H and O–H groups in total. The smallest absolute Gasteiger partial charge is 0.321 e. The quantitative estimate of drug-likeness (QED) is 0.685. The summed E-state index contributed by atoms with van der Waals surface area (Å²) >= 11 is 0. The highest BCUT2D eigenvalue weighted by molar-refractivity contribution is 5.73. The number of carbonyl (C=O) groups excluding carboxylic acids is 1. The van der Waals surface area contributed by atoms with Crippen LogP contribution in [-0.4, -0.2) is 29.9 Å². The zero-order chi connectivity index (χ0) is 13.4. The van der Waals surface area contributed by atoms with Gasteiger partial charge < -0.3 is 15.2 Å². The van der Waals surface area contributed by atoms with Crippen LogP contribution in [0.3, 0.4) is 0 Å². The van der Waals surface area contributed by atoms with Crippen LogP contribution in [0.2, 0.25) is 0 Å². The molecule has 0 aromatic heterocycles. The van der Waals surface area contributed by atoms with Crippen molar-refractivity contribution in [2.45, 2.75) is 25.8 Å². The van der Waals surface area contributed by atoms with Crippen LogP contribution in [0.15, 0.2) is 30.3 Å². The fourth-order valence-electron chi connectivity index (χ4n) is 1.65. The van der Waals surface area contributed by atoms with Crippen LogP contribution in [0.1, 0.15) is 18.9 Å². The summed E-state index contributed by atoms with van der Waals surface area (Å²) in [5.41, 5.74) is 0.987. The number of carboxylic acids is 1. The van der Waals surface area contributed by atoms with Gasteiger partial charge in [-0.05, 0) is 24.9 Å². The molecule has 18 heavy (non-hydrogen) atoms. The van der Waals surface area contributed by atoms with Crippen molar-refractivity contribution in [3.63, 3.8) is 0 Å². The van der Waals surface area contributed by atoms with Gasteiger partial charge in [0, 0.05) is 5.92 Å². The third kappa shape index (κ3) is 5.10. The molecule has 4 heteroatoms. The van der Waals surface area contributed by atoms with Gasteiger partial charge in [-0.2, -0.15) is 0 Å². The van der Waals surface area contributed by atoms with E-state index >= 15 is 0 Å². The molecule has 0 fully saturated rings. The van der Waals surface area contributed by atoms with Crippen molar-refractivity contribution in [3.05, 3.63) is 35.9 Å². The minimum Gasteiger partial charge on any atom is -0.480 e. The van der Waals surface area contributed by atoms with Crippen molar-refractivity contribution in [2.75, 3.05) is 6.54 Å². The first-order valence-electron chi connectivity index (χ1n) is 6.09. The second-order valence-electron chi connectivity index (χ2n) is 4.44. The van der Waals surface area contributed by atoms with Gasteiger partial charge in [-0.3, -0.25) is 4.79 Å². The van der Waals surface area contributed by atoms with Gasteiger partial charge >= 0.3 is 5.97 Å². The predicted octanol–water partition coefficient (Wildman–Crippen LogP) is 1.50. The van der Waals surface area contributed by atoms with Gasteiger partial charge in [-0.15, -0.1) is 0 Å². The molecule has 0 saturated heterocycles. The van der Waals surface area contributed by atoms with Crippen molar-refractivity contribution < 1.29 is 14.7 Å². The van der Waals surface area contributed by atoms with E-state index in [1.54, 1.807) is 0 Å². The molecule has 0 spiro atoms. The van der Waals surface area contributed by atoms with Crippen LogP contribution in [0.25, 0.3) is 0 Å². The topological polar surface area (TPSA) is 66.4 Å². The molecule has 0 saturated carbocycles. The molecule has 1 rings (SSSR count). The largest absolute Gasteiger partial charge is 0.480 e. The Labute approximate surface area is 107 Å². The summed E-state index contributed by atoms with van der Waals surface area (Å²) < 4.78 is 0. The van der Waals surface area contributed by atoms with E-state index in [4.69, 9.17) is 5.11 Å². The zero-order valence-corrected chi connectivity index (χ0v) is 10.5. The lowest BCUT2D eigenvalue weighted by atomic mass is 10.1. The lowest BCUT2D eigenvalue weighted by Crippen LogP contribution is -2.39. The summed E-state index contributed by atoms with van der Waals surface area (Å²) in [7, 11) is 0. The minimum absolute atomic E-state index is 0.0383. The third-order valence-electron chi connectivity index (χ3n) is 2.80. The van der Waals surface area contributed by atoms with Crippen LogP contribution in [0, 0.1) is 5.92 Å². The third-order valence-corrected chi connectivity index (χ3v) is 2.80. The highest BCUT2D eigenvalue weighted by Gasteiger charge is 2.17. The van der Waals surface area contributed by atoms with Crippen molar-refractivity contribution in [1.82, 2.24) is 5.32 Å². The summed E-state index contributed by atoms with van der Waals surface area (Å²) in [6.45, 7) is 2.35. The Hall–Kier alpha value is -1.68. The molecule has 0 heterocycles. The van der Waals surface area contributed by atoms with E-state index in [1.807, 2.05) is 37.3 Å². The average molecular weight is 249 g/mol. The molecule has 0 aliphatic heterocycles. The van der Waals surface area contributed by atoms with Crippen molar-refractivity contribution >= 4 is 12.3 Å². The predicted molar refractivity (Wildman–Crippen MR) is 69.4 cm³/mol. The molecule has 0 radical (unpaired) electrons. The Bertz CT molecular complexity index is 378. The molecular formula is C14H19NO3. The Morgan fingerprint density at radius 1 is 1.39 bits per heavy atom. The molecule has 0 bridgehead atoms. The first-order valence-corrected chi connectivity index (χ1v) is 6.09. The van der Waals surface area contributed by atoms with E-state index in [2.05, 4.69) is 5.32 Å². The molecule has 1 aromatic rings. The lowest BCUT2D eigenvalue weighted by molar-refractivity contribution is -0.139. The number of nitrogens with one attached hydrogen (secondary N) is 1. The molecule has 0 aliphatic carbocycles. The highest BCUT2D eigenvalue weighted by atomic mass is 16.4. The second-order valence-corrected chi connectivity index (χ2v) is 4.44. The summed E-state index contributed by atoms with van der Waals surface area (Å²) in [5.74, 6) is -0.902. The van der Waals surface area contributed by atoms with Gasteiger partial charge in [-0.1, -0.05) is 37.3 Å². The SMILES string of the molecule is CC(C=O)CCN[C@@H](Cc1ccccc1)C(=O)O. The number of carboxylic acid groups (broad SMARTS) is 1. The van der Waals surface area contributed by atoms with E-state index in [1.165, 1.54) is 0 Å². The number of hydrogen-bond donors (Lipinski definition) is 2. The summed E-state index contributed by atoms with van der Waals surface area (Å²) in [6, 6.07) is 8.90. The maximum absolute atomic E-state index is 11.1. The first kappa shape index (κ1) is 14.4. The van der Waals surface area contributed by atoms with Crippen molar-refractivity contribution in [3.8, 4) is 0 Å². The molecule has 1 aromatic carbocycles. The number of carbonyl (C=O) groups is 2. The number of aldehydes is 1. The molecule has 0 amide bonds. The van der Waals surface area contributed by atoms with Gasteiger partial charge in [0.2, 0.25) is 0 Å². The van der Waals surface area contributed by atoms with Gasteiger partial charge in [0.15, 0.2) is 0 Å². The summed E-state index contributed by atoms with van der Waals surface area (Å²) in [6.07, 6.45) is 1.99. The zero-order valence-electron chi connectivity index (χ0n) is 10.5. The minimum atomic E-state index is -0.863. The standard InChI is InChI=1S/C14H19NO3/c1-11(10-16)7-8-15-13(14(17)18)9-12-5-3-2-4-6-12/h2-6,10-11,13,15H,7-9H2,1H3,(H,17,18)/t11?,13-/m0/s1. The van der Waals surface area contributed by atoms with E-state index in [-0.39, 0.29) is 5.92 Å². The van der Waals surface area contributed by atoms with E-state index in [0.29, 0.717) is 19.4 Å². The molecule has 4 nitrogen and oxygen atoms in total. The van der Waals surface area contributed by atoms with E-state index in [0.717, 1.165) is 11.8 Å². The van der Waals surface area contributed by atoms with E-state index in [9.17, 15) is 9.59 Å². The van der Waals surface area contributed by atoms with Crippen LogP contribution < -0.4 is 5.32 Å². The molecule has 98 valence electrons. The van der Waals surface area contributed by atoms with Crippen LogP contribution in [0.5, 0.6) is 0 Å². The lowest BCUT2D eigenvalue weighted by Gasteiger charge is -2.15. The van der Waals surface area contributed by atoms with Gasteiger partial charge in [0.25, 0.3) is 0 Å². The van der Waals surface area contributed by atoms with Crippen molar-refractivity contribution in [1.29, 1.82) is 0 Å². The maximum Gasteiger partial charge on any atom is 0.321 e. The maximum atomic E-state index is 11.1. The Kier molecular flexibility index (Phi) is 6.08. The molecule has 0 aliphatic rings. The number of hydrogen-bond acceptors (Lipinski definition) is 3. The van der Waals surface area contributed by atoms with Crippen LogP contribution in [0.4, 0.5) is 0 Å². The van der Waals surface area contributed by atoms with E-state index < -0.39 is 12.0 Å². The second kappa shape index (κ2) is 7.61.